The van der Waals surface area contributed by atoms with E-state index < -0.39 is 0 Å². The molecule has 156 valence electrons. The first-order chi connectivity index (χ1) is 14.8. The van der Waals surface area contributed by atoms with Crippen LogP contribution in [0.3, 0.4) is 0 Å². The first-order valence-electron chi connectivity index (χ1n) is 11.1. The lowest BCUT2D eigenvalue weighted by Crippen LogP contribution is -2.34. The van der Waals surface area contributed by atoms with Gasteiger partial charge in [-0.3, -0.25) is 4.98 Å². The van der Waals surface area contributed by atoms with E-state index in [2.05, 4.69) is 71.8 Å². The number of nitrogens with zero attached hydrogens (tertiary/aromatic N) is 1. The Morgan fingerprint density at radius 3 is 2.77 bits per heavy atom. The second-order valence-corrected chi connectivity index (χ2v) is 8.32. The largest absolute Gasteiger partial charge is 0.385 e. The number of hydrogen-bond donors (Lipinski definition) is 1. The Balaban J connectivity index is 1.62. The zero-order valence-electron chi connectivity index (χ0n) is 18.1. The van der Waals surface area contributed by atoms with Crippen LogP contribution in [-0.2, 0) is 11.2 Å². The van der Waals surface area contributed by atoms with Gasteiger partial charge in [-0.25, -0.2) is 0 Å². The number of pyridine rings is 1. The maximum atomic E-state index is 5.25. The molecule has 2 atom stereocenters. The zero-order chi connectivity index (χ0) is 20.8. The molecule has 0 radical (unpaired) electrons. The first-order valence-corrected chi connectivity index (χ1v) is 11.1. The fraction of sp³-hybridized carbons (Fsp3) is 0.370. The molecule has 3 heteroatoms. The van der Waals surface area contributed by atoms with Gasteiger partial charge in [0, 0.05) is 38.6 Å². The Morgan fingerprint density at radius 1 is 1.07 bits per heavy atom. The summed E-state index contributed by atoms with van der Waals surface area (Å²) in [6, 6.07) is 20.1. The number of aromatic nitrogens is 1. The van der Waals surface area contributed by atoms with Crippen LogP contribution in [0.2, 0.25) is 0 Å². The smallest absolute Gasteiger partial charge is 0.0465 e. The summed E-state index contributed by atoms with van der Waals surface area (Å²) in [6.07, 6.45) is 7.15. The van der Waals surface area contributed by atoms with Crippen molar-refractivity contribution in [1.29, 1.82) is 0 Å². The quantitative estimate of drug-likeness (QED) is 0.532. The maximum absolute atomic E-state index is 5.25. The van der Waals surface area contributed by atoms with Crippen molar-refractivity contribution < 1.29 is 4.74 Å². The van der Waals surface area contributed by atoms with Gasteiger partial charge in [-0.2, -0.15) is 0 Å². The highest BCUT2D eigenvalue weighted by molar-refractivity contribution is 5.68. The monoisotopic (exact) mass is 400 g/mol. The van der Waals surface area contributed by atoms with Gasteiger partial charge in [0.05, 0.1) is 0 Å². The third-order valence-corrected chi connectivity index (χ3v) is 6.39. The van der Waals surface area contributed by atoms with Gasteiger partial charge in [0.25, 0.3) is 0 Å². The number of hydrogen-bond acceptors (Lipinski definition) is 3. The summed E-state index contributed by atoms with van der Waals surface area (Å²) in [5.41, 5.74) is 8.24. The molecule has 0 saturated carbocycles. The molecular formula is C27H32N2O. The molecule has 1 saturated heterocycles. The number of methoxy groups -OCH3 is 1. The van der Waals surface area contributed by atoms with Crippen molar-refractivity contribution >= 4 is 0 Å². The standard InChI is InChI=1S/C27H32N2O/c1-20-17-22(25-10-4-3-7-21(25)9-6-16-30-2)11-12-24(20)27-19-29-15-13-26(27)23-8-5-14-28-18-23/h3-5,7-8,10-12,14,17-18,26-27,29H,6,9,13,15-16,19H2,1-2H3/t26-,27-/m1/s1. The van der Waals surface area contributed by atoms with E-state index in [-0.39, 0.29) is 0 Å². The van der Waals surface area contributed by atoms with Crippen molar-refractivity contribution in [2.45, 2.75) is 38.0 Å². The molecule has 30 heavy (non-hydrogen) atoms. The van der Waals surface area contributed by atoms with E-state index in [9.17, 15) is 0 Å². The molecule has 1 fully saturated rings. The van der Waals surface area contributed by atoms with E-state index in [0.717, 1.165) is 39.0 Å². The molecule has 0 aliphatic carbocycles. The summed E-state index contributed by atoms with van der Waals surface area (Å²) < 4.78 is 5.25. The molecule has 0 amide bonds. The summed E-state index contributed by atoms with van der Waals surface area (Å²) in [7, 11) is 1.77. The van der Waals surface area contributed by atoms with Crippen molar-refractivity contribution in [3.05, 3.63) is 89.2 Å². The molecule has 2 aromatic carbocycles. The van der Waals surface area contributed by atoms with Crippen molar-refractivity contribution in [3.8, 4) is 11.1 Å². The van der Waals surface area contributed by atoms with Gasteiger partial charge in [0.15, 0.2) is 0 Å². The Morgan fingerprint density at radius 2 is 1.97 bits per heavy atom. The van der Waals surface area contributed by atoms with E-state index in [0.29, 0.717) is 11.8 Å². The van der Waals surface area contributed by atoms with E-state index in [1.165, 1.54) is 33.4 Å². The van der Waals surface area contributed by atoms with Crippen LogP contribution in [0, 0.1) is 6.92 Å². The summed E-state index contributed by atoms with van der Waals surface area (Å²) in [5, 5.41) is 3.61. The lowest BCUT2D eigenvalue weighted by molar-refractivity contribution is 0.195. The second-order valence-electron chi connectivity index (χ2n) is 8.32. The normalized spacial score (nSPS) is 19.0. The molecule has 4 rings (SSSR count). The van der Waals surface area contributed by atoms with E-state index in [1.54, 1.807) is 7.11 Å². The van der Waals surface area contributed by atoms with Gasteiger partial charge in [0.1, 0.15) is 0 Å². The summed E-state index contributed by atoms with van der Waals surface area (Å²) >= 11 is 0. The average molecular weight is 401 g/mol. The number of rotatable bonds is 7. The van der Waals surface area contributed by atoms with Gasteiger partial charge in [-0.15, -0.1) is 0 Å². The third-order valence-electron chi connectivity index (χ3n) is 6.39. The van der Waals surface area contributed by atoms with Crippen molar-refractivity contribution in [2.75, 3.05) is 26.8 Å². The van der Waals surface area contributed by atoms with Crippen LogP contribution in [-0.4, -0.2) is 31.8 Å². The van der Waals surface area contributed by atoms with E-state index in [4.69, 9.17) is 4.74 Å². The van der Waals surface area contributed by atoms with Crippen LogP contribution < -0.4 is 5.32 Å². The summed E-state index contributed by atoms with van der Waals surface area (Å²) in [6.45, 7) is 5.16. The van der Waals surface area contributed by atoms with E-state index >= 15 is 0 Å². The van der Waals surface area contributed by atoms with Crippen molar-refractivity contribution in [2.24, 2.45) is 0 Å². The topological polar surface area (TPSA) is 34.1 Å². The average Bonchev–Trinajstić information content (AvgIpc) is 2.80. The number of aryl methyl sites for hydroxylation is 2. The zero-order valence-corrected chi connectivity index (χ0v) is 18.1. The second kappa shape index (κ2) is 10.0. The predicted octanol–water partition coefficient (Wildman–Crippen LogP) is 5.50. The van der Waals surface area contributed by atoms with E-state index in [1.807, 2.05) is 12.4 Å². The van der Waals surface area contributed by atoms with Crippen LogP contribution in [0.15, 0.2) is 67.0 Å². The molecule has 1 N–H and O–H groups in total. The number of piperidine rings is 1. The van der Waals surface area contributed by atoms with Gasteiger partial charge in [-0.05, 0) is 78.1 Å². The van der Waals surface area contributed by atoms with Gasteiger partial charge >= 0.3 is 0 Å². The number of ether oxygens (including phenoxy) is 1. The van der Waals surface area contributed by atoms with Crippen LogP contribution in [0.25, 0.3) is 11.1 Å². The summed E-state index contributed by atoms with van der Waals surface area (Å²) in [5.74, 6) is 1.000. The lowest BCUT2D eigenvalue weighted by Gasteiger charge is -2.34. The third kappa shape index (κ3) is 4.63. The number of benzene rings is 2. The van der Waals surface area contributed by atoms with Crippen LogP contribution in [0.1, 0.15) is 46.9 Å². The molecule has 2 heterocycles. The Kier molecular flexibility index (Phi) is 6.93. The minimum absolute atomic E-state index is 0.481. The van der Waals surface area contributed by atoms with Crippen molar-refractivity contribution in [1.82, 2.24) is 10.3 Å². The highest BCUT2D eigenvalue weighted by atomic mass is 16.5. The highest BCUT2D eigenvalue weighted by Crippen LogP contribution is 2.39. The Labute approximate surface area is 180 Å². The van der Waals surface area contributed by atoms with Crippen LogP contribution >= 0.6 is 0 Å². The molecule has 3 aromatic rings. The van der Waals surface area contributed by atoms with Gasteiger partial charge in [-0.1, -0.05) is 48.5 Å². The maximum Gasteiger partial charge on any atom is 0.0465 e. The minimum atomic E-state index is 0.481. The first kappa shape index (κ1) is 20.8. The van der Waals surface area contributed by atoms with Crippen LogP contribution in [0.5, 0.6) is 0 Å². The molecule has 1 aromatic heterocycles. The fourth-order valence-corrected chi connectivity index (χ4v) is 4.87. The molecule has 1 aliphatic rings. The SMILES string of the molecule is COCCCc1ccccc1-c1ccc([C@H]2CNCC[C@@H]2c2cccnc2)c(C)c1. The minimum Gasteiger partial charge on any atom is -0.385 e. The predicted molar refractivity (Wildman–Crippen MR) is 124 cm³/mol. The molecule has 0 spiro atoms. The summed E-state index contributed by atoms with van der Waals surface area (Å²) in [4.78, 5) is 4.38. The molecule has 0 bridgehead atoms. The molecule has 3 nitrogen and oxygen atoms in total. The fourth-order valence-electron chi connectivity index (χ4n) is 4.87. The van der Waals surface area contributed by atoms with Crippen molar-refractivity contribution in [3.63, 3.8) is 0 Å². The van der Waals surface area contributed by atoms with Gasteiger partial charge in [0.2, 0.25) is 0 Å². The Hall–Kier alpha value is -2.49. The lowest BCUT2D eigenvalue weighted by atomic mass is 9.76. The molecule has 0 unspecified atom stereocenters. The molecule has 1 aliphatic heterocycles. The molecular weight excluding hydrogens is 368 g/mol. The highest BCUT2D eigenvalue weighted by Gasteiger charge is 2.29. The Bertz CT molecular complexity index is 954. The van der Waals surface area contributed by atoms with Crippen LogP contribution in [0.4, 0.5) is 0 Å². The van der Waals surface area contributed by atoms with Gasteiger partial charge < -0.3 is 10.1 Å². The number of nitrogens with one attached hydrogen (secondary N) is 1.